The van der Waals surface area contributed by atoms with Crippen LogP contribution in [0, 0.1) is 0 Å². The summed E-state index contributed by atoms with van der Waals surface area (Å²) >= 11 is 0. The topological polar surface area (TPSA) is 52.1 Å². The number of aromatic nitrogens is 2. The number of rotatable bonds is 3. The van der Waals surface area contributed by atoms with Gasteiger partial charge in [-0.2, -0.15) is 0 Å². The van der Waals surface area contributed by atoms with E-state index in [1.165, 1.54) is 0 Å². The predicted molar refractivity (Wildman–Crippen MR) is 74.5 cm³/mol. The van der Waals surface area contributed by atoms with Crippen LogP contribution < -0.4 is 0 Å². The van der Waals surface area contributed by atoms with Crippen molar-refractivity contribution >= 4 is 5.78 Å². The van der Waals surface area contributed by atoms with Crippen molar-refractivity contribution in [3.05, 3.63) is 60.2 Å². The molecule has 102 valence electrons. The molecule has 2 aromatic rings. The van der Waals surface area contributed by atoms with Gasteiger partial charge < -0.3 is 4.74 Å². The molecule has 2 heterocycles. The zero-order valence-electron chi connectivity index (χ0n) is 11.2. The average molecular weight is 268 g/mol. The summed E-state index contributed by atoms with van der Waals surface area (Å²) in [6.07, 6.45) is 6.06. The van der Waals surface area contributed by atoms with E-state index in [0.29, 0.717) is 31.7 Å². The van der Waals surface area contributed by atoms with Crippen molar-refractivity contribution in [1.29, 1.82) is 0 Å². The first kappa shape index (κ1) is 12.9. The Bertz CT molecular complexity index is 578. The number of hydrogen-bond donors (Lipinski definition) is 0. The van der Waals surface area contributed by atoms with Crippen molar-refractivity contribution in [2.45, 2.75) is 18.3 Å². The zero-order chi connectivity index (χ0) is 13.8. The van der Waals surface area contributed by atoms with E-state index in [9.17, 15) is 4.79 Å². The van der Waals surface area contributed by atoms with Crippen molar-refractivity contribution in [1.82, 2.24) is 9.97 Å². The van der Waals surface area contributed by atoms with Crippen LogP contribution in [0.3, 0.4) is 0 Å². The lowest BCUT2D eigenvalue weighted by Crippen LogP contribution is -2.41. The normalized spacial score (nSPS) is 17.6. The number of Topliss-reactive ketones (excluding diaryl/α,β-unsaturated/α-hetero) is 1. The van der Waals surface area contributed by atoms with Crippen molar-refractivity contribution in [2.24, 2.45) is 0 Å². The highest BCUT2D eigenvalue weighted by atomic mass is 16.5. The van der Waals surface area contributed by atoms with Crippen molar-refractivity contribution < 1.29 is 9.53 Å². The Labute approximate surface area is 117 Å². The van der Waals surface area contributed by atoms with Crippen LogP contribution in [0.4, 0.5) is 0 Å². The van der Waals surface area contributed by atoms with E-state index in [4.69, 9.17) is 4.74 Å². The number of hydrogen-bond acceptors (Lipinski definition) is 4. The quantitative estimate of drug-likeness (QED) is 0.802. The Morgan fingerprint density at radius 2 is 1.85 bits per heavy atom. The smallest absolute Gasteiger partial charge is 0.193 e. The molecule has 1 aliphatic rings. The Balaban J connectivity index is 2.05. The molecule has 0 radical (unpaired) electrons. The van der Waals surface area contributed by atoms with Gasteiger partial charge in [0, 0.05) is 25.6 Å². The average Bonchev–Trinajstić information content (AvgIpc) is 2.56. The molecule has 0 aliphatic carbocycles. The maximum Gasteiger partial charge on any atom is 0.193 e. The van der Waals surface area contributed by atoms with E-state index >= 15 is 0 Å². The molecule has 20 heavy (non-hydrogen) atoms. The minimum absolute atomic E-state index is 0.0418. The molecule has 4 heteroatoms. The fourth-order valence-electron chi connectivity index (χ4n) is 2.79. The lowest BCUT2D eigenvalue weighted by atomic mass is 9.70. The fourth-order valence-corrected chi connectivity index (χ4v) is 2.79. The molecule has 3 rings (SSSR count). The molecule has 1 fully saturated rings. The third-order valence-corrected chi connectivity index (χ3v) is 3.90. The highest BCUT2D eigenvalue weighted by molar-refractivity contribution is 6.02. The summed E-state index contributed by atoms with van der Waals surface area (Å²) in [6.45, 7) is 1.20. The van der Waals surface area contributed by atoms with Gasteiger partial charge in [0.2, 0.25) is 0 Å². The highest BCUT2D eigenvalue weighted by Gasteiger charge is 2.42. The lowest BCUT2D eigenvalue weighted by Gasteiger charge is -2.35. The monoisotopic (exact) mass is 268 g/mol. The number of ether oxygens (including phenoxy) is 1. The molecule has 0 saturated carbocycles. The number of ketones is 1. The molecule has 0 unspecified atom stereocenters. The van der Waals surface area contributed by atoms with E-state index in [1.807, 2.05) is 30.3 Å². The zero-order valence-corrected chi connectivity index (χ0v) is 11.2. The highest BCUT2D eigenvalue weighted by Crippen LogP contribution is 2.37. The summed E-state index contributed by atoms with van der Waals surface area (Å²) in [6, 6.07) is 9.93. The van der Waals surface area contributed by atoms with Gasteiger partial charge in [-0.05, 0) is 18.4 Å². The summed E-state index contributed by atoms with van der Waals surface area (Å²) in [4.78, 5) is 21.1. The van der Waals surface area contributed by atoms with E-state index in [1.54, 1.807) is 18.6 Å². The van der Waals surface area contributed by atoms with Crippen LogP contribution in [0.2, 0.25) is 0 Å². The van der Waals surface area contributed by atoms with Crippen LogP contribution in [0.25, 0.3) is 0 Å². The first-order chi connectivity index (χ1) is 9.83. The predicted octanol–water partition coefficient (Wildman–Crippen LogP) is 2.41. The molecular weight excluding hydrogens is 252 g/mol. The second-order valence-corrected chi connectivity index (χ2v) is 4.98. The van der Waals surface area contributed by atoms with Gasteiger partial charge in [-0.1, -0.05) is 30.3 Å². The first-order valence-corrected chi connectivity index (χ1v) is 6.77. The van der Waals surface area contributed by atoms with Gasteiger partial charge in [0.05, 0.1) is 11.6 Å². The molecule has 0 spiro atoms. The molecular formula is C16H16N2O2. The largest absolute Gasteiger partial charge is 0.381 e. The Morgan fingerprint density at radius 1 is 1.10 bits per heavy atom. The summed E-state index contributed by atoms with van der Waals surface area (Å²) in [7, 11) is 0. The maximum atomic E-state index is 13.0. The van der Waals surface area contributed by atoms with Crippen LogP contribution in [-0.2, 0) is 10.2 Å². The number of carbonyl (C=O) groups is 1. The van der Waals surface area contributed by atoms with Gasteiger partial charge in [0.1, 0.15) is 5.69 Å². The number of benzene rings is 1. The maximum absolute atomic E-state index is 13.0. The second kappa shape index (κ2) is 5.51. The SMILES string of the molecule is O=C(c1cnccn1)C1(c2ccccc2)CCOCC1. The summed E-state index contributed by atoms with van der Waals surface area (Å²) in [5.41, 5.74) is 0.937. The summed E-state index contributed by atoms with van der Waals surface area (Å²) < 4.78 is 5.44. The van der Waals surface area contributed by atoms with E-state index in [-0.39, 0.29) is 5.78 Å². The van der Waals surface area contributed by atoms with Gasteiger partial charge >= 0.3 is 0 Å². The molecule has 1 aliphatic heterocycles. The van der Waals surface area contributed by atoms with Crippen LogP contribution in [0.1, 0.15) is 28.9 Å². The fraction of sp³-hybridized carbons (Fsp3) is 0.312. The molecule has 0 amide bonds. The Hall–Kier alpha value is -2.07. The third-order valence-electron chi connectivity index (χ3n) is 3.90. The van der Waals surface area contributed by atoms with Crippen molar-refractivity contribution in [2.75, 3.05) is 13.2 Å². The van der Waals surface area contributed by atoms with Crippen molar-refractivity contribution in [3.63, 3.8) is 0 Å². The summed E-state index contributed by atoms with van der Waals surface area (Å²) in [5, 5.41) is 0. The first-order valence-electron chi connectivity index (χ1n) is 6.77. The van der Waals surface area contributed by atoms with Crippen LogP contribution in [-0.4, -0.2) is 29.0 Å². The molecule has 4 nitrogen and oxygen atoms in total. The molecule has 0 bridgehead atoms. The molecule has 0 N–H and O–H groups in total. The molecule has 1 aromatic heterocycles. The number of carbonyl (C=O) groups excluding carboxylic acids is 1. The van der Waals surface area contributed by atoms with Crippen LogP contribution in [0.15, 0.2) is 48.9 Å². The van der Waals surface area contributed by atoms with E-state index in [2.05, 4.69) is 9.97 Å². The molecule has 1 saturated heterocycles. The minimum Gasteiger partial charge on any atom is -0.381 e. The molecule has 0 atom stereocenters. The standard InChI is InChI=1S/C16H16N2O2/c19-15(14-12-17-8-9-18-14)16(6-10-20-11-7-16)13-4-2-1-3-5-13/h1-5,8-9,12H,6-7,10-11H2. The van der Waals surface area contributed by atoms with Gasteiger partial charge in [-0.3, -0.25) is 9.78 Å². The van der Waals surface area contributed by atoms with Crippen LogP contribution in [0.5, 0.6) is 0 Å². The second-order valence-electron chi connectivity index (χ2n) is 4.98. The lowest BCUT2D eigenvalue weighted by molar-refractivity contribution is 0.0420. The van der Waals surface area contributed by atoms with Crippen molar-refractivity contribution in [3.8, 4) is 0 Å². The third kappa shape index (κ3) is 2.23. The Kier molecular flexibility index (Phi) is 3.56. The minimum atomic E-state index is -0.532. The van der Waals surface area contributed by atoms with E-state index < -0.39 is 5.41 Å². The van der Waals surface area contributed by atoms with Gasteiger partial charge in [0.25, 0.3) is 0 Å². The van der Waals surface area contributed by atoms with E-state index in [0.717, 1.165) is 5.56 Å². The van der Waals surface area contributed by atoms with Crippen LogP contribution >= 0.6 is 0 Å². The Morgan fingerprint density at radius 3 is 2.50 bits per heavy atom. The van der Waals surface area contributed by atoms with Gasteiger partial charge in [-0.25, -0.2) is 4.98 Å². The van der Waals surface area contributed by atoms with Gasteiger partial charge in [-0.15, -0.1) is 0 Å². The number of nitrogens with zero attached hydrogens (tertiary/aromatic N) is 2. The summed E-state index contributed by atoms with van der Waals surface area (Å²) in [5.74, 6) is 0.0418. The van der Waals surface area contributed by atoms with Gasteiger partial charge in [0.15, 0.2) is 5.78 Å². The molecule has 1 aromatic carbocycles.